The van der Waals surface area contributed by atoms with Crippen molar-refractivity contribution in [1.82, 2.24) is 19.6 Å². The molecule has 2 aromatic carbocycles. The van der Waals surface area contributed by atoms with Crippen LogP contribution in [0.4, 0.5) is 0 Å². The highest BCUT2D eigenvalue weighted by molar-refractivity contribution is 7.89. The van der Waals surface area contributed by atoms with Gasteiger partial charge in [-0.25, -0.2) is 13.4 Å². The lowest BCUT2D eigenvalue weighted by Gasteiger charge is -2.19. The van der Waals surface area contributed by atoms with Crippen LogP contribution in [0.5, 0.6) is 0 Å². The van der Waals surface area contributed by atoms with Crippen LogP contribution >= 0.6 is 0 Å². The minimum Gasteiger partial charge on any atom is -0.355 e. The third-order valence-corrected chi connectivity index (χ3v) is 5.89. The van der Waals surface area contributed by atoms with Crippen LogP contribution in [-0.2, 0) is 27.8 Å². The number of carbonyl (C=O) groups excluding carboxylic acids is 1. The van der Waals surface area contributed by atoms with Gasteiger partial charge in [0.15, 0.2) is 0 Å². The van der Waals surface area contributed by atoms with Crippen LogP contribution in [0.15, 0.2) is 84.3 Å². The van der Waals surface area contributed by atoms with Gasteiger partial charge in [-0.15, -0.1) is 0 Å². The Kier molecular flexibility index (Phi) is 7.15. The van der Waals surface area contributed by atoms with Crippen molar-refractivity contribution in [2.75, 3.05) is 6.54 Å². The Balaban J connectivity index is 1.66. The standard InChI is InChI=1S/C21H24N4O3S/c26-21(23-12-7-14-25-15-13-22-17-25)20(16-18-8-3-1-4-9-18)24-29(27,28)19-10-5-2-6-11-19/h1-6,8-11,13,15,17,20,24H,7,12,14,16H2,(H,23,26)/t20-/m1/s1. The first-order chi connectivity index (χ1) is 14.0. The summed E-state index contributed by atoms with van der Waals surface area (Å²) in [7, 11) is -3.81. The molecule has 3 rings (SSSR count). The maximum atomic E-state index is 12.8. The monoisotopic (exact) mass is 412 g/mol. The Morgan fingerprint density at radius 3 is 2.38 bits per heavy atom. The van der Waals surface area contributed by atoms with Crippen LogP contribution in [0.2, 0.25) is 0 Å². The first kappa shape index (κ1) is 20.8. The summed E-state index contributed by atoms with van der Waals surface area (Å²) in [6.45, 7) is 1.16. The van der Waals surface area contributed by atoms with E-state index in [1.54, 1.807) is 30.7 Å². The molecule has 3 aromatic rings. The summed E-state index contributed by atoms with van der Waals surface area (Å²) in [5, 5.41) is 2.84. The van der Waals surface area contributed by atoms with E-state index in [-0.39, 0.29) is 17.2 Å². The Labute approximate surface area is 170 Å². The number of rotatable bonds is 10. The number of nitrogens with one attached hydrogen (secondary N) is 2. The second kappa shape index (κ2) is 9.99. The van der Waals surface area contributed by atoms with Crippen LogP contribution in [0.25, 0.3) is 0 Å². The van der Waals surface area contributed by atoms with Crippen molar-refractivity contribution in [1.29, 1.82) is 0 Å². The van der Waals surface area contributed by atoms with Gasteiger partial charge in [-0.2, -0.15) is 4.72 Å². The highest BCUT2D eigenvalue weighted by atomic mass is 32.2. The molecule has 1 heterocycles. The number of carbonyl (C=O) groups is 1. The summed E-state index contributed by atoms with van der Waals surface area (Å²) in [5.41, 5.74) is 0.877. The number of sulfonamides is 1. The third kappa shape index (κ3) is 6.27. The molecule has 0 unspecified atom stereocenters. The zero-order valence-electron chi connectivity index (χ0n) is 15.9. The van der Waals surface area contributed by atoms with E-state index in [0.717, 1.165) is 12.1 Å². The molecule has 0 aliphatic heterocycles. The van der Waals surface area contributed by atoms with Gasteiger partial charge >= 0.3 is 0 Å². The molecule has 1 amide bonds. The Hall–Kier alpha value is -2.97. The molecule has 0 spiro atoms. The molecular formula is C21H24N4O3S. The first-order valence-corrected chi connectivity index (χ1v) is 10.9. The molecule has 0 aliphatic carbocycles. The lowest BCUT2D eigenvalue weighted by molar-refractivity contribution is -0.122. The maximum Gasteiger partial charge on any atom is 0.241 e. The minimum atomic E-state index is -3.81. The summed E-state index contributed by atoms with van der Waals surface area (Å²) in [6.07, 6.45) is 6.25. The second-order valence-electron chi connectivity index (χ2n) is 6.62. The van der Waals surface area contributed by atoms with E-state index in [9.17, 15) is 13.2 Å². The van der Waals surface area contributed by atoms with Gasteiger partial charge in [0.2, 0.25) is 15.9 Å². The highest BCUT2D eigenvalue weighted by Crippen LogP contribution is 2.11. The molecule has 1 atom stereocenters. The molecular weight excluding hydrogens is 388 g/mol. The fourth-order valence-electron chi connectivity index (χ4n) is 2.91. The molecule has 0 aliphatic rings. The van der Waals surface area contributed by atoms with Gasteiger partial charge in [0.1, 0.15) is 6.04 Å². The second-order valence-corrected chi connectivity index (χ2v) is 8.34. The van der Waals surface area contributed by atoms with E-state index >= 15 is 0 Å². The molecule has 2 N–H and O–H groups in total. The van der Waals surface area contributed by atoms with Crippen LogP contribution < -0.4 is 10.0 Å². The van der Waals surface area contributed by atoms with E-state index in [1.807, 2.05) is 41.1 Å². The third-order valence-electron chi connectivity index (χ3n) is 4.40. The van der Waals surface area contributed by atoms with Crippen LogP contribution in [-0.4, -0.2) is 36.5 Å². The predicted molar refractivity (Wildman–Crippen MR) is 111 cm³/mol. The van der Waals surface area contributed by atoms with Crippen molar-refractivity contribution >= 4 is 15.9 Å². The van der Waals surface area contributed by atoms with Crippen LogP contribution in [0, 0.1) is 0 Å². The largest absolute Gasteiger partial charge is 0.355 e. The van der Waals surface area contributed by atoms with Crippen molar-refractivity contribution in [2.24, 2.45) is 0 Å². The molecule has 0 saturated carbocycles. The summed E-state index contributed by atoms with van der Waals surface area (Å²) in [4.78, 5) is 16.9. The zero-order chi connectivity index (χ0) is 20.5. The molecule has 7 nitrogen and oxygen atoms in total. The van der Waals surface area contributed by atoms with Gasteiger partial charge in [0.05, 0.1) is 11.2 Å². The van der Waals surface area contributed by atoms with Gasteiger partial charge in [-0.1, -0.05) is 48.5 Å². The van der Waals surface area contributed by atoms with Crippen molar-refractivity contribution in [2.45, 2.75) is 30.3 Å². The topological polar surface area (TPSA) is 93.1 Å². The lowest BCUT2D eigenvalue weighted by Crippen LogP contribution is -2.48. The Morgan fingerprint density at radius 1 is 1.03 bits per heavy atom. The van der Waals surface area contributed by atoms with Crippen molar-refractivity contribution in [3.63, 3.8) is 0 Å². The van der Waals surface area contributed by atoms with Crippen molar-refractivity contribution < 1.29 is 13.2 Å². The van der Waals surface area contributed by atoms with Gasteiger partial charge < -0.3 is 9.88 Å². The van der Waals surface area contributed by atoms with Crippen LogP contribution in [0.3, 0.4) is 0 Å². The van der Waals surface area contributed by atoms with E-state index in [4.69, 9.17) is 0 Å². The molecule has 8 heteroatoms. The highest BCUT2D eigenvalue weighted by Gasteiger charge is 2.25. The smallest absolute Gasteiger partial charge is 0.241 e. The number of benzene rings is 2. The number of aryl methyl sites for hydroxylation is 1. The Bertz CT molecular complexity index is 991. The maximum absolute atomic E-state index is 12.8. The molecule has 29 heavy (non-hydrogen) atoms. The van der Waals surface area contributed by atoms with E-state index < -0.39 is 16.1 Å². The summed E-state index contributed by atoms with van der Waals surface area (Å²) in [5.74, 6) is -0.348. The van der Waals surface area contributed by atoms with Gasteiger partial charge in [0.25, 0.3) is 0 Å². The Morgan fingerprint density at radius 2 is 1.72 bits per heavy atom. The number of amides is 1. The fourth-order valence-corrected chi connectivity index (χ4v) is 4.12. The van der Waals surface area contributed by atoms with E-state index in [2.05, 4.69) is 15.0 Å². The molecule has 0 bridgehead atoms. The number of nitrogens with zero attached hydrogens (tertiary/aromatic N) is 2. The zero-order valence-corrected chi connectivity index (χ0v) is 16.8. The van der Waals surface area contributed by atoms with Crippen molar-refractivity contribution in [3.05, 3.63) is 84.9 Å². The van der Waals surface area contributed by atoms with E-state index in [1.165, 1.54) is 12.1 Å². The number of aromatic nitrogens is 2. The molecule has 0 radical (unpaired) electrons. The quantitative estimate of drug-likeness (QED) is 0.498. The first-order valence-electron chi connectivity index (χ1n) is 9.39. The summed E-state index contributed by atoms with van der Waals surface area (Å²) < 4.78 is 29.9. The number of imidazole rings is 1. The molecule has 0 fully saturated rings. The molecule has 152 valence electrons. The minimum absolute atomic E-state index is 0.131. The number of hydrogen-bond acceptors (Lipinski definition) is 4. The fraction of sp³-hybridized carbons (Fsp3) is 0.238. The number of hydrogen-bond donors (Lipinski definition) is 2. The van der Waals surface area contributed by atoms with Crippen molar-refractivity contribution in [3.8, 4) is 0 Å². The molecule has 0 saturated heterocycles. The SMILES string of the molecule is O=C(NCCCn1ccnc1)[C@@H](Cc1ccccc1)NS(=O)(=O)c1ccccc1. The average Bonchev–Trinajstić information content (AvgIpc) is 3.25. The van der Waals surface area contributed by atoms with Crippen LogP contribution in [0.1, 0.15) is 12.0 Å². The summed E-state index contributed by atoms with van der Waals surface area (Å²) >= 11 is 0. The van der Waals surface area contributed by atoms with Gasteiger partial charge in [0, 0.05) is 25.5 Å². The van der Waals surface area contributed by atoms with Gasteiger partial charge in [-0.05, 0) is 30.5 Å². The lowest BCUT2D eigenvalue weighted by atomic mass is 10.1. The average molecular weight is 413 g/mol. The van der Waals surface area contributed by atoms with Gasteiger partial charge in [-0.3, -0.25) is 4.79 Å². The normalized spacial score (nSPS) is 12.4. The predicted octanol–water partition coefficient (Wildman–Crippen LogP) is 1.98. The van der Waals surface area contributed by atoms with E-state index in [0.29, 0.717) is 13.0 Å². The summed E-state index contributed by atoms with van der Waals surface area (Å²) in [6, 6.07) is 16.5. The molecule has 1 aromatic heterocycles.